The average Bonchev–Trinajstić information content (AvgIpc) is 2.55. The number of nitrogens with zero attached hydrogens (tertiary/aromatic N) is 2. The van der Waals surface area contributed by atoms with Crippen LogP contribution in [0.5, 0.6) is 0 Å². The summed E-state index contributed by atoms with van der Waals surface area (Å²) in [6.45, 7) is 2.86. The maximum absolute atomic E-state index is 11.8. The first-order valence-electron chi connectivity index (χ1n) is 7.01. The number of allylic oxidation sites excluding steroid dienone is 2. The molecule has 1 aromatic rings. The number of anilines is 2. The van der Waals surface area contributed by atoms with Crippen LogP contribution < -0.4 is 10.2 Å². The second kappa shape index (κ2) is 7.95. The second-order valence-electron chi connectivity index (χ2n) is 4.78. The molecule has 23 heavy (non-hydrogen) atoms. The molecule has 1 aromatic carbocycles. The lowest BCUT2D eigenvalue weighted by atomic mass is 10.2. The summed E-state index contributed by atoms with van der Waals surface area (Å²) in [5.74, 6) is -1.35. The molecule has 0 atom stereocenters. The number of morpholine rings is 1. The van der Waals surface area contributed by atoms with Crippen molar-refractivity contribution >= 4 is 17.3 Å². The fourth-order valence-electron chi connectivity index (χ4n) is 2.08. The van der Waals surface area contributed by atoms with Crippen molar-refractivity contribution < 1.29 is 19.6 Å². The highest BCUT2D eigenvalue weighted by Gasteiger charge is 2.12. The van der Waals surface area contributed by atoms with E-state index in [1.807, 2.05) is 6.07 Å². The Morgan fingerprint density at radius 3 is 2.83 bits per heavy atom. The third-order valence-corrected chi connectivity index (χ3v) is 3.17. The van der Waals surface area contributed by atoms with Crippen LogP contribution in [0, 0.1) is 10.1 Å². The molecule has 8 heteroatoms. The molecule has 8 nitrogen and oxygen atoms in total. The van der Waals surface area contributed by atoms with Gasteiger partial charge in [-0.3, -0.25) is 14.9 Å². The highest BCUT2D eigenvalue weighted by atomic mass is 16.6. The summed E-state index contributed by atoms with van der Waals surface area (Å²) >= 11 is 0. The highest BCUT2D eigenvalue weighted by molar-refractivity contribution is 6.02. The van der Waals surface area contributed by atoms with Gasteiger partial charge in [-0.25, -0.2) is 0 Å². The Morgan fingerprint density at radius 2 is 2.13 bits per heavy atom. The molecule has 1 saturated heterocycles. The summed E-state index contributed by atoms with van der Waals surface area (Å²) in [7, 11) is 0. The minimum atomic E-state index is -0.739. The number of aliphatic hydroxyl groups excluding tert-OH is 1. The monoisotopic (exact) mass is 319 g/mol. The van der Waals surface area contributed by atoms with Gasteiger partial charge in [0, 0.05) is 30.5 Å². The van der Waals surface area contributed by atoms with Gasteiger partial charge in [0.05, 0.1) is 18.1 Å². The van der Waals surface area contributed by atoms with E-state index in [0.29, 0.717) is 25.1 Å². The molecule has 1 aliphatic heterocycles. The molecule has 0 bridgehead atoms. The lowest BCUT2D eigenvalue weighted by Gasteiger charge is -2.29. The summed E-state index contributed by atoms with van der Waals surface area (Å²) in [4.78, 5) is 23.4. The first kappa shape index (κ1) is 16.5. The normalized spacial score (nSPS) is 15.7. The predicted molar refractivity (Wildman–Crippen MR) is 84.9 cm³/mol. The van der Waals surface area contributed by atoms with Crippen LogP contribution in [-0.4, -0.2) is 42.2 Å². The van der Waals surface area contributed by atoms with Crippen molar-refractivity contribution in [2.75, 3.05) is 36.5 Å². The smallest absolute Gasteiger partial charge is 0.290 e. The molecule has 0 radical (unpaired) electrons. The number of amides is 1. The van der Waals surface area contributed by atoms with Gasteiger partial charge in [-0.15, -0.1) is 0 Å². The average molecular weight is 319 g/mol. The molecule has 122 valence electrons. The molecule has 0 unspecified atom stereocenters. The summed E-state index contributed by atoms with van der Waals surface area (Å²) in [5.41, 5.74) is 1.47. The van der Waals surface area contributed by atoms with Crippen molar-refractivity contribution in [1.29, 1.82) is 0 Å². The third-order valence-electron chi connectivity index (χ3n) is 3.17. The molecule has 1 heterocycles. The molecule has 1 fully saturated rings. The molecule has 0 aliphatic carbocycles. The number of benzene rings is 1. The maximum atomic E-state index is 11.8. The number of nitro groups is 1. The van der Waals surface area contributed by atoms with Gasteiger partial charge in [0.15, 0.2) is 5.76 Å². The van der Waals surface area contributed by atoms with Crippen LogP contribution in [0.3, 0.4) is 0 Å². The van der Waals surface area contributed by atoms with Crippen molar-refractivity contribution in [3.63, 3.8) is 0 Å². The molecule has 1 aliphatic rings. The van der Waals surface area contributed by atoms with Crippen LogP contribution in [0.25, 0.3) is 0 Å². The standard InChI is InChI=1S/C15H17N3O5/c19-14(5-2-6-18(21)22)15(20)16-12-3-1-4-13(11-12)17-7-9-23-10-8-17/h1-6,11,19H,7-10H2,(H,16,20)/b6-2+,14-5-. The topological polar surface area (TPSA) is 105 Å². The molecule has 0 spiro atoms. The van der Waals surface area contributed by atoms with E-state index in [0.717, 1.165) is 30.9 Å². The van der Waals surface area contributed by atoms with Crippen molar-refractivity contribution in [2.45, 2.75) is 0 Å². The van der Waals surface area contributed by atoms with Crippen LogP contribution in [0.1, 0.15) is 0 Å². The van der Waals surface area contributed by atoms with Gasteiger partial charge in [-0.1, -0.05) is 6.07 Å². The SMILES string of the molecule is O=C(Nc1cccc(N2CCOCC2)c1)/C(O)=C/C=C/[N+](=O)[O-]. The maximum Gasteiger partial charge on any atom is 0.290 e. The Hall–Kier alpha value is -2.87. The summed E-state index contributed by atoms with van der Waals surface area (Å²) in [6.07, 6.45) is 2.57. The van der Waals surface area contributed by atoms with Crippen LogP contribution in [0.15, 0.2) is 48.4 Å². The number of nitrogens with one attached hydrogen (secondary N) is 1. The van der Waals surface area contributed by atoms with E-state index in [2.05, 4.69) is 10.2 Å². The van der Waals surface area contributed by atoms with E-state index in [-0.39, 0.29) is 0 Å². The summed E-state index contributed by atoms with van der Waals surface area (Å²) in [6, 6.07) is 7.22. The van der Waals surface area contributed by atoms with E-state index >= 15 is 0 Å². The number of carbonyl (C=O) groups is 1. The quantitative estimate of drug-likeness (QED) is 0.281. The number of aliphatic hydroxyl groups is 1. The van der Waals surface area contributed by atoms with Crippen LogP contribution in [0.4, 0.5) is 11.4 Å². The molecule has 0 aromatic heterocycles. The molecular weight excluding hydrogens is 302 g/mol. The van der Waals surface area contributed by atoms with Gasteiger partial charge in [0.1, 0.15) is 0 Å². The van der Waals surface area contributed by atoms with Gasteiger partial charge in [-0.05, 0) is 24.3 Å². The number of hydrogen-bond acceptors (Lipinski definition) is 6. The minimum Gasteiger partial charge on any atom is -0.503 e. The third kappa shape index (κ3) is 5.11. The van der Waals surface area contributed by atoms with Crippen molar-refractivity contribution in [3.8, 4) is 0 Å². The minimum absolute atomic E-state index is 0.525. The molecule has 0 saturated carbocycles. The van der Waals surface area contributed by atoms with E-state index in [1.165, 1.54) is 0 Å². The Kier molecular flexibility index (Phi) is 5.70. The summed E-state index contributed by atoms with van der Waals surface area (Å²) < 4.78 is 5.30. The van der Waals surface area contributed by atoms with Crippen LogP contribution in [0.2, 0.25) is 0 Å². The Bertz CT molecular complexity index is 636. The number of carbonyl (C=O) groups excluding carboxylic acids is 1. The Labute approximate surface area is 132 Å². The Morgan fingerprint density at radius 1 is 1.39 bits per heavy atom. The zero-order chi connectivity index (χ0) is 16.7. The fraction of sp³-hybridized carbons (Fsp3) is 0.267. The second-order valence-corrected chi connectivity index (χ2v) is 4.78. The zero-order valence-corrected chi connectivity index (χ0v) is 12.3. The number of ether oxygens (including phenoxy) is 1. The van der Waals surface area contributed by atoms with Gasteiger partial charge >= 0.3 is 0 Å². The van der Waals surface area contributed by atoms with Crippen LogP contribution in [-0.2, 0) is 9.53 Å². The first-order valence-corrected chi connectivity index (χ1v) is 7.01. The largest absolute Gasteiger partial charge is 0.503 e. The van der Waals surface area contributed by atoms with E-state index in [9.17, 15) is 20.0 Å². The van der Waals surface area contributed by atoms with Gasteiger partial charge in [-0.2, -0.15) is 0 Å². The van der Waals surface area contributed by atoms with Gasteiger partial charge < -0.3 is 20.1 Å². The van der Waals surface area contributed by atoms with Gasteiger partial charge in [0.2, 0.25) is 6.20 Å². The molecular formula is C15H17N3O5. The van der Waals surface area contributed by atoms with Crippen molar-refractivity contribution in [1.82, 2.24) is 0 Å². The van der Waals surface area contributed by atoms with Gasteiger partial charge in [0.25, 0.3) is 5.91 Å². The van der Waals surface area contributed by atoms with Crippen molar-refractivity contribution in [2.24, 2.45) is 0 Å². The molecule has 2 rings (SSSR count). The lowest BCUT2D eigenvalue weighted by molar-refractivity contribution is -0.402. The van der Waals surface area contributed by atoms with Crippen molar-refractivity contribution in [3.05, 3.63) is 58.5 Å². The number of hydrogen-bond donors (Lipinski definition) is 2. The lowest BCUT2D eigenvalue weighted by Crippen LogP contribution is -2.36. The molecule has 2 N–H and O–H groups in total. The van der Waals surface area contributed by atoms with E-state index in [4.69, 9.17) is 4.74 Å². The van der Waals surface area contributed by atoms with Crippen LogP contribution >= 0.6 is 0 Å². The molecule has 1 amide bonds. The number of rotatable bonds is 5. The van der Waals surface area contributed by atoms with E-state index in [1.54, 1.807) is 18.2 Å². The predicted octanol–water partition coefficient (Wildman–Crippen LogP) is 1.69. The highest BCUT2D eigenvalue weighted by Crippen LogP contribution is 2.20. The van der Waals surface area contributed by atoms with E-state index < -0.39 is 16.6 Å². The fourth-order valence-corrected chi connectivity index (χ4v) is 2.08. The first-order chi connectivity index (χ1) is 11.1. The Balaban J connectivity index is 2.02. The summed E-state index contributed by atoms with van der Waals surface area (Å²) in [5, 5.41) is 22.2. The zero-order valence-electron chi connectivity index (χ0n) is 12.3.